The number of nitrogen functional groups attached to an aromatic ring is 1. The van der Waals surface area contributed by atoms with E-state index in [-0.39, 0.29) is 24.8 Å². The van der Waals surface area contributed by atoms with Crippen molar-refractivity contribution in [1.82, 2.24) is 15.6 Å². The number of hydrogen-bond acceptors (Lipinski definition) is 6. The first-order valence-electron chi connectivity index (χ1n) is 6.14. The van der Waals surface area contributed by atoms with Crippen molar-refractivity contribution in [2.75, 3.05) is 32.2 Å². The van der Waals surface area contributed by atoms with Crippen LogP contribution in [0.1, 0.15) is 16.8 Å². The molecule has 0 aliphatic rings. The molecule has 0 atom stereocenters. The molecular weight excluding hydrogens is 262 g/mol. The Morgan fingerprint density at radius 2 is 2.10 bits per heavy atom. The van der Waals surface area contributed by atoms with E-state index in [9.17, 15) is 9.59 Å². The molecule has 1 rings (SSSR count). The number of amides is 2. The third-order valence-electron chi connectivity index (χ3n) is 2.44. The van der Waals surface area contributed by atoms with Crippen LogP contribution in [-0.4, -0.2) is 43.6 Å². The van der Waals surface area contributed by atoms with Crippen molar-refractivity contribution in [1.29, 1.82) is 0 Å². The number of nitrogens with one attached hydrogen (secondary N) is 3. The molecule has 1 heterocycles. The van der Waals surface area contributed by atoms with E-state index >= 15 is 0 Å². The minimum Gasteiger partial charge on any atom is -0.383 e. The van der Waals surface area contributed by atoms with Crippen LogP contribution >= 0.6 is 0 Å². The fourth-order valence-corrected chi connectivity index (χ4v) is 1.39. The highest BCUT2D eigenvalue weighted by molar-refractivity contribution is 5.94. The molecule has 1 aromatic rings. The Bertz CT molecular complexity index is 435. The molecule has 0 spiro atoms. The smallest absolute Gasteiger partial charge is 0.252 e. The van der Waals surface area contributed by atoms with Crippen LogP contribution in [0.3, 0.4) is 0 Å². The van der Waals surface area contributed by atoms with Crippen LogP contribution in [0.5, 0.6) is 0 Å². The topological polar surface area (TPSA) is 118 Å². The van der Waals surface area contributed by atoms with Gasteiger partial charge in [0, 0.05) is 32.8 Å². The Labute approximate surface area is 117 Å². The SMILES string of the molecule is COCCNC(=O)CCNC(=O)c1ccc(NN)nc1. The molecule has 8 nitrogen and oxygen atoms in total. The van der Waals surface area contributed by atoms with Crippen molar-refractivity contribution in [3.8, 4) is 0 Å². The average molecular weight is 281 g/mol. The van der Waals surface area contributed by atoms with E-state index in [4.69, 9.17) is 10.6 Å². The van der Waals surface area contributed by atoms with E-state index in [0.717, 1.165) is 0 Å². The fraction of sp³-hybridized carbons (Fsp3) is 0.417. The average Bonchev–Trinajstić information content (AvgIpc) is 2.47. The van der Waals surface area contributed by atoms with Gasteiger partial charge >= 0.3 is 0 Å². The summed E-state index contributed by atoms with van der Waals surface area (Å²) in [7, 11) is 1.56. The first-order chi connectivity index (χ1) is 9.67. The van der Waals surface area contributed by atoms with Crippen LogP contribution in [-0.2, 0) is 9.53 Å². The molecule has 0 unspecified atom stereocenters. The highest BCUT2D eigenvalue weighted by atomic mass is 16.5. The van der Waals surface area contributed by atoms with Gasteiger partial charge in [-0.05, 0) is 12.1 Å². The minimum absolute atomic E-state index is 0.136. The molecule has 20 heavy (non-hydrogen) atoms. The van der Waals surface area contributed by atoms with Crippen molar-refractivity contribution < 1.29 is 14.3 Å². The summed E-state index contributed by atoms with van der Waals surface area (Å²) >= 11 is 0. The second-order valence-electron chi connectivity index (χ2n) is 3.93. The number of pyridine rings is 1. The van der Waals surface area contributed by atoms with E-state index in [1.54, 1.807) is 19.2 Å². The van der Waals surface area contributed by atoms with Gasteiger partial charge in [0.15, 0.2) is 0 Å². The third-order valence-corrected chi connectivity index (χ3v) is 2.44. The zero-order valence-corrected chi connectivity index (χ0v) is 11.3. The van der Waals surface area contributed by atoms with Crippen molar-refractivity contribution in [2.45, 2.75) is 6.42 Å². The lowest BCUT2D eigenvalue weighted by Crippen LogP contribution is -2.32. The van der Waals surface area contributed by atoms with E-state index in [1.165, 1.54) is 6.20 Å². The van der Waals surface area contributed by atoms with Gasteiger partial charge in [-0.15, -0.1) is 0 Å². The normalized spacial score (nSPS) is 9.90. The Hall–Kier alpha value is -2.19. The number of rotatable bonds is 8. The van der Waals surface area contributed by atoms with Crippen molar-refractivity contribution in [3.05, 3.63) is 23.9 Å². The Morgan fingerprint density at radius 3 is 2.70 bits per heavy atom. The number of ether oxygens (including phenoxy) is 1. The van der Waals surface area contributed by atoms with Crippen LogP contribution in [0.2, 0.25) is 0 Å². The van der Waals surface area contributed by atoms with Gasteiger partial charge in [0.05, 0.1) is 12.2 Å². The van der Waals surface area contributed by atoms with Gasteiger partial charge < -0.3 is 20.8 Å². The van der Waals surface area contributed by atoms with Gasteiger partial charge in [-0.1, -0.05) is 0 Å². The Balaban J connectivity index is 2.27. The van der Waals surface area contributed by atoms with Crippen LogP contribution < -0.4 is 21.9 Å². The van der Waals surface area contributed by atoms with E-state index < -0.39 is 0 Å². The monoisotopic (exact) mass is 281 g/mol. The number of hydrogen-bond donors (Lipinski definition) is 4. The van der Waals surface area contributed by atoms with Gasteiger partial charge in [0.2, 0.25) is 5.91 Å². The maximum atomic E-state index is 11.7. The summed E-state index contributed by atoms with van der Waals surface area (Å²) < 4.78 is 4.81. The number of aromatic nitrogens is 1. The van der Waals surface area contributed by atoms with Crippen LogP contribution in [0.25, 0.3) is 0 Å². The number of carbonyl (C=O) groups excluding carboxylic acids is 2. The standard InChI is InChI=1S/C12H19N5O3/c1-20-7-6-14-11(18)4-5-15-12(19)9-2-3-10(17-13)16-8-9/h2-3,8H,4-7,13H2,1H3,(H,14,18)(H,15,19)(H,16,17). The maximum absolute atomic E-state index is 11.7. The number of nitrogens with two attached hydrogens (primary N) is 1. The molecule has 0 saturated heterocycles. The summed E-state index contributed by atoms with van der Waals surface area (Å²) in [4.78, 5) is 27.0. The van der Waals surface area contributed by atoms with Crippen molar-refractivity contribution in [2.24, 2.45) is 5.84 Å². The Kier molecular flexibility index (Phi) is 7.01. The van der Waals surface area contributed by atoms with Gasteiger partial charge in [-0.25, -0.2) is 10.8 Å². The quantitative estimate of drug-likeness (QED) is 0.283. The second kappa shape index (κ2) is 8.83. The van der Waals surface area contributed by atoms with E-state index in [1.807, 2.05) is 0 Å². The summed E-state index contributed by atoms with van der Waals surface area (Å²) in [6.07, 6.45) is 1.62. The predicted molar refractivity (Wildman–Crippen MR) is 73.9 cm³/mol. The van der Waals surface area contributed by atoms with Gasteiger partial charge in [0.25, 0.3) is 5.91 Å². The number of carbonyl (C=O) groups is 2. The summed E-state index contributed by atoms with van der Waals surface area (Å²) in [5.74, 6) is 5.22. The molecule has 0 fully saturated rings. The molecule has 110 valence electrons. The predicted octanol–water partition coefficient (Wildman–Crippen LogP) is -0.750. The molecular formula is C12H19N5O3. The van der Waals surface area contributed by atoms with Crippen molar-refractivity contribution in [3.63, 3.8) is 0 Å². The summed E-state index contributed by atoms with van der Waals surface area (Å²) in [5, 5.41) is 5.30. The van der Waals surface area contributed by atoms with Gasteiger partial charge in [0.1, 0.15) is 5.82 Å². The number of anilines is 1. The summed E-state index contributed by atoms with van der Waals surface area (Å²) in [6.45, 7) is 1.18. The van der Waals surface area contributed by atoms with E-state index in [2.05, 4.69) is 21.0 Å². The summed E-state index contributed by atoms with van der Waals surface area (Å²) in [6, 6.07) is 3.18. The lowest BCUT2D eigenvalue weighted by atomic mass is 10.2. The maximum Gasteiger partial charge on any atom is 0.252 e. The van der Waals surface area contributed by atoms with Gasteiger partial charge in [-0.2, -0.15) is 0 Å². The molecule has 2 amide bonds. The summed E-state index contributed by atoms with van der Waals surface area (Å²) in [5.41, 5.74) is 2.78. The molecule has 0 saturated carbocycles. The molecule has 0 aliphatic carbocycles. The van der Waals surface area contributed by atoms with Crippen LogP contribution in [0.4, 0.5) is 5.82 Å². The first kappa shape index (κ1) is 15.9. The van der Waals surface area contributed by atoms with Crippen LogP contribution in [0.15, 0.2) is 18.3 Å². The zero-order valence-electron chi connectivity index (χ0n) is 11.3. The number of nitrogens with zero attached hydrogens (tertiary/aromatic N) is 1. The largest absolute Gasteiger partial charge is 0.383 e. The molecule has 5 N–H and O–H groups in total. The molecule has 0 aliphatic heterocycles. The molecule has 8 heteroatoms. The highest BCUT2D eigenvalue weighted by Crippen LogP contribution is 2.03. The number of hydrazine groups is 1. The number of methoxy groups -OCH3 is 1. The Morgan fingerprint density at radius 1 is 1.30 bits per heavy atom. The molecule has 0 bridgehead atoms. The molecule has 0 aromatic carbocycles. The van der Waals surface area contributed by atoms with E-state index in [0.29, 0.717) is 24.5 Å². The second-order valence-corrected chi connectivity index (χ2v) is 3.93. The minimum atomic E-state index is -0.286. The lowest BCUT2D eigenvalue weighted by molar-refractivity contribution is -0.121. The van der Waals surface area contributed by atoms with Gasteiger partial charge in [-0.3, -0.25) is 9.59 Å². The highest BCUT2D eigenvalue weighted by Gasteiger charge is 2.07. The zero-order chi connectivity index (χ0) is 14.8. The molecule has 1 aromatic heterocycles. The molecule has 0 radical (unpaired) electrons. The fourth-order valence-electron chi connectivity index (χ4n) is 1.39. The van der Waals surface area contributed by atoms with Crippen molar-refractivity contribution >= 4 is 17.6 Å². The lowest BCUT2D eigenvalue weighted by Gasteiger charge is -2.06. The third kappa shape index (κ3) is 5.63. The van der Waals surface area contributed by atoms with Crippen LogP contribution in [0, 0.1) is 0 Å². The first-order valence-corrected chi connectivity index (χ1v) is 6.14.